The topological polar surface area (TPSA) is 74.1 Å². The monoisotopic (exact) mass is 299 g/mol. The summed E-state index contributed by atoms with van der Waals surface area (Å²) in [6.45, 7) is 0. The van der Waals surface area contributed by atoms with Crippen molar-refractivity contribution in [3.8, 4) is 11.4 Å². The number of rotatable bonds is 5. The molecular formula is C12H14FN3O3S. The molecule has 0 aliphatic rings. The van der Waals surface area contributed by atoms with Gasteiger partial charge in [0.25, 0.3) is 0 Å². The molecule has 0 unspecified atom stereocenters. The number of aromatic nitrogens is 3. The van der Waals surface area contributed by atoms with E-state index in [2.05, 4.69) is 10.3 Å². The van der Waals surface area contributed by atoms with Crippen molar-refractivity contribution >= 4 is 9.84 Å². The Morgan fingerprint density at radius 2 is 2.15 bits per heavy atom. The number of benzene rings is 1. The molecule has 1 aromatic carbocycles. The zero-order valence-electron chi connectivity index (χ0n) is 11.1. The number of sulfone groups is 1. The van der Waals surface area contributed by atoms with Crippen molar-refractivity contribution in [2.45, 2.75) is 6.42 Å². The molecule has 20 heavy (non-hydrogen) atoms. The van der Waals surface area contributed by atoms with Crippen LogP contribution in [0.5, 0.6) is 5.75 Å². The molecule has 0 saturated heterocycles. The number of aryl methyl sites for hydroxylation is 1. The second kappa shape index (κ2) is 5.58. The Morgan fingerprint density at radius 3 is 2.75 bits per heavy atom. The Balaban J connectivity index is 2.20. The SMILES string of the molecule is COc1ccc(-n2cc(CCS(C)(=O)=O)nn2)c(F)c1. The fraction of sp³-hybridized carbons (Fsp3) is 0.333. The minimum Gasteiger partial charge on any atom is -0.497 e. The molecule has 8 heteroatoms. The first kappa shape index (κ1) is 14.4. The lowest BCUT2D eigenvalue weighted by molar-refractivity contribution is 0.411. The van der Waals surface area contributed by atoms with Crippen LogP contribution >= 0.6 is 0 Å². The largest absolute Gasteiger partial charge is 0.497 e. The minimum atomic E-state index is -3.06. The Hall–Kier alpha value is -1.96. The van der Waals surface area contributed by atoms with Gasteiger partial charge in [0.1, 0.15) is 21.3 Å². The first-order chi connectivity index (χ1) is 9.39. The molecule has 2 aromatic rings. The molecule has 108 valence electrons. The van der Waals surface area contributed by atoms with E-state index in [0.717, 1.165) is 6.26 Å². The van der Waals surface area contributed by atoms with E-state index in [1.807, 2.05) is 0 Å². The molecule has 0 radical (unpaired) electrons. The first-order valence-electron chi connectivity index (χ1n) is 5.82. The van der Waals surface area contributed by atoms with Gasteiger partial charge in [-0.15, -0.1) is 5.10 Å². The van der Waals surface area contributed by atoms with Gasteiger partial charge in [-0.05, 0) is 12.1 Å². The van der Waals surface area contributed by atoms with Gasteiger partial charge >= 0.3 is 0 Å². The van der Waals surface area contributed by atoms with Crippen molar-refractivity contribution in [3.63, 3.8) is 0 Å². The van der Waals surface area contributed by atoms with Gasteiger partial charge in [-0.2, -0.15) is 0 Å². The van der Waals surface area contributed by atoms with Crippen molar-refractivity contribution in [1.29, 1.82) is 0 Å². The van der Waals surface area contributed by atoms with Crippen molar-refractivity contribution in [1.82, 2.24) is 15.0 Å². The van der Waals surface area contributed by atoms with Crippen LogP contribution in [0.2, 0.25) is 0 Å². The molecule has 0 aliphatic carbocycles. The highest BCUT2D eigenvalue weighted by molar-refractivity contribution is 7.90. The van der Waals surface area contributed by atoms with E-state index < -0.39 is 15.7 Å². The standard InChI is InChI=1S/C12H14FN3O3S/c1-19-10-3-4-12(11(13)7-10)16-8-9(14-15-16)5-6-20(2,17)18/h3-4,7-8H,5-6H2,1-2H3. The molecule has 0 N–H and O–H groups in total. The molecule has 0 spiro atoms. The predicted octanol–water partition coefficient (Wildman–Crippen LogP) is 1.00. The number of halogens is 1. The van der Waals surface area contributed by atoms with Crippen molar-refractivity contribution < 1.29 is 17.5 Å². The quantitative estimate of drug-likeness (QED) is 0.823. The van der Waals surface area contributed by atoms with E-state index in [-0.39, 0.29) is 17.9 Å². The van der Waals surface area contributed by atoms with E-state index in [9.17, 15) is 12.8 Å². The molecule has 1 heterocycles. The van der Waals surface area contributed by atoms with Gasteiger partial charge in [0, 0.05) is 18.7 Å². The third-order valence-corrected chi connectivity index (χ3v) is 3.62. The molecule has 0 atom stereocenters. The summed E-state index contributed by atoms with van der Waals surface area (Å²) >= 11 is 0. The normalized spacial score (nSPS) is 11.6. The molecule has 0 bridgehead atoms. The van der Waals surface area contributed by atoms with Crippen molar-refractivity contribution in [2.75, 3.05) is 19.1 Å². The van der Waals surface area contributed by atoms with Crippen molar-refractivity contribution in [3.05, 3.63) is 35.9 Å². The molecule has 0 amide bonds. The van der Waals surface area contributed by atoms with Crippen LogP contribution in [-0.4, -0.2) is 42.5 Å². The van der Waals surface area contributed by atoms with Crippen LogP contribution in [0.4, 0.5) is 4.39 Å². The smallest absolute Gasteiger partial charge is 0.152 e. The van der Waals surface area contributed by atoms with Crippen molar-refractivity contribution in [2.24, 2.45) is 0 Å². The lowest BCUT2D eigenvalue weighted by Gasteiger charge is -2.04. The fourth-order valence-electron chi connectivity index (χ4n) is 1.62. The maximum Gasteiger partial charge on any atom is 0.152 e. The highest BCUT2D eigenvalue weighted by Crippen LogP contribution is 2.19. The van der Waals surface area contributed by atoms with Gasteiger partial charge in [0.05, 0.1) is 24.8 Å². The molecule has 0 fully saturated rings. The van der Waals surface area contributed by atoms with E-state index in [1.54, 1.807) is 6.07 Å². The van der Waals surface area contributed by atoms with Gasteiger partial charge in [0.2, 0.25) is 0 Å². The molecule has 2 rings (SSSR count). The average Bonchev–Trinajstić information content (AvgIpc) is 2.84. The Labute approximate surface area is 116 Å². The summed E-state index contributed by atoms with van der Waals surface area (Å²) in [6, 6.07) is 4.37. The van der Waals surface area contributed by atoms with E-state index in [0.29, 0.717) is 11.4 Å². The van der Waals surface area contributed by atoms with Crippen LogP contribution in [0.1, 0.15) is 5.69 Å². The Kier molecular flexibility index (Phi) is 4.03. The molecule has 1 aromatic heterocycles. The van der Waals surface area contributed by atoms with Crippen LogP contribution in [-0.2, 0) is 16.3 Å². The van der Waals surface area contributed by atoms with Crippen LogP contribution in [0.15, 0.2) is 24.4 Å². The third-order valence-electron chi connectivity index (χ3n) is 2.67. The predicted molar refractivity (Wildman–Crippen MR) is 71.3 cm³/mol. The molecular weight excluding hydrogens is 285 g/mol. The second-order valence-corrected chi connectivity index (χ2v) is 6.61. The Bertz CT molecular complexity index is 712. The zero-order chi connectivity index (χ0) is 14.8. The van der Waals surface area contributed by atoms with Gasteiger partial charge < -0.3 is 4.74 Å². The lowest BCUT2D eigenvalue weighted by Crippen LogP contribution is -2.06. The Morgan fingerprint density at radius 1 is 1.40 bits per heavy atom. The van der Waals surface area contributed by atoms with Gasteiger partial charge in [0.15, 0.2) is 5.82 Å². The van der Waals surface area contributed by atoms with Crippen LogP contribution in [0.25, 0.3) is 5.69 Å². The molecule has 0 saturated carbocycles. The van der Waals surface area contributed by atoms with E-state index in [1.165, 1.54) is 30.1 Å². The number of hydrogen-bond acceptors (Lipinski definition) is 5. The van der Waals surface area contributed by atoms with Gasteiger partial charge in [-0.1, -0.05) is 5.21 Å². The summed E-state index contributed by atoms with van der Waals surface area (Å²) in [7, 11) is -1.61. The summed E-state index contributed by atoms with van der Waals surface area (Å²) in [4.78, 5) is 0. The summed E-state index contributed by atoms with van der Waals surface area (Å²) in [6.07, 6.45) is 2.91. The summed E-state index contributed by atoms with van der Waals surface area (Å²) < 4.78 is 42.2. The maximum atomic E-state index is 13.8. The second-order valence-electron chi connectivity index (χ2n) is 4.35. The maximum absolute atomic E-state index is 13.8. The third kappa shape index (κ3) is 3.53. The lowest BCUT2D eigenvalue weighted by atomic mass is 10.3. The fourth-order valence-corrected chi connectivity index (χ4v) is 2.20. The zero-order valence-corrected chi connectivity index (χ0v) is 11.9. The van der Waals surface area contributed by atoms with Gasteiger partial charge in [-0.25, -0.2) is 17.5 Å². The highest BCUT2D eigenvalue weighted by Gasteiger charge is 2.10. The molecule has 0 aliphatic heterocycles. The minimum absolute atomic E-state index is 0.0171. The van der Waals surface area contributed by atoms with Crippen LogP contribution in [0, 0.1) is 5.82 Å². The molecule has 6 nitrogen and oxygen atoms in total. The van der Waals surface area contributed by atoms with E-state index in [4.69, 9.17) is 4.74 Å². The number of nitrogens with zero attached hydrogens (tertiary/aromatic N) is 3. The summed E-state index contributed by atoms with van der Waals surface area (Å²) in [5, 5.41) is 7.62. The number of hydrogen-bond donors (Lipinski definition) is 0. The number of ether oxygens (including phenoxy) is 1. The average molecular weight is 299 g/mol. The van der Waals surface area contributed by atoms with Crippen LogP contribution < -0.4 is 4.74 Å². The summed E-state index contributed by atoms with van der Waals surface area (Å²) in [5.74, 6) is -0.107. The van der Waals surface area contributed by atoms with Gasteiger partial charge in [-0.3, -0.25) is 0 Å². The first-order valence-corrected chi connectivity index (χ1v) is 7.88. The van der Waals surface area contributed by atoms with Crippen LogP contribution in [0.3, 0.4) is 0 Å². The van der Waals surface area contributed by atoms with E-state index >= 15 is 0 Å². The summed E-state index contributed by atoms with van der Waals surface area (Å²) in [5.41, 5.74) is 0.717. The number of methoxy groups -OCH3 is 1. The highest BCUT2D eigenvalue weighted by atomic mass is 32.2.